The van der Waals surface area contributed by atoms with Gasteiger partial charge in [0.05, 0.1) is 6.33 Å². The summed E-state index contributed by atoms with van der Waals surface area (Å²) in [4.78, 5) is 8.12. The first-order valence-electron chi connectivity index (χ1n) is 5.76. The predicted octanol–water partition coefficient (Wildman–Crippen LogP) is 0.703. The summed E-state index contributed by atoms with van der Waals surface area (Å²) in [5.74, 6) is 0.821. The van der Waals surface area contributed by atoms with E-state index in [4.69, 9.17) is 4.74 Å². The van der Waals surface area contributed by atoms with Crippen LogP contribution in [0.4, 0.5) is 0 Å². The molecule has 0 bridgehead atoms. The van der Waals surface area contributed by atoms with Gasteiger partial charge in [0.2, 0.25) is 0 Å². The van der Waals surface area contributed by atoms with Crippen molar-refractivity contribution >= 4 is 29.9 Å². The van der Waals surface area contributed by atoms with Crippen LogP contribution in [0, 0.1) is 0 Å². The molecule has 0 atom stereocenters. The Bertz CT molecular complexity index is 315. The largest absolute Gasteiger partial charge is 0.385 e. The van der Waals surface area contributed by atoms with Crippen LogP contribution >= 0.6 is 24.0 Å². The van der Waals surface area contributed by atoms with E-state index in [1.165, 1.54) is 0 Å². The Kier molecular flexibility index (Phi) is 10.8. The first-order valence-corrected chi connectivity index (χ1v) is 5.76. The highest BCUT2D eigenvalue weighted by Gasteiger charge is 1.96. The van der Waals surface area contributed by atoms with Crippen LogP contribution in [0.15, 0.2) is 23.7 Å². The molecule has 0 aliphatic rings. The maximum absolute atomic E-state index is 4.98. The van der Waals surface area contributed by atoms with Crippen molar-refractivity contribution in [2.45, 2.75) is 13.0 Å². The van der Waals surface area contributed by atoms with Crippen molar-refractivity contribution in [3.8, 4) is 0 Å². The predicted molar refractivity (Wildman–Crippen MR) is 83.5 cm³/mol. The van der Waals surface area contributed by atoms with Crippen molar-refractivity contribution < 1.29 is 4.74 Å². The van der Waals surface area contributed by atoms with Crippen molar-refractivity contribution in [1.29, 1.82) is 0 Å². The molecule has 0 spiro atoms. The molecule has 2 N–H and O–H groups in total. The topological polar surface area (TPSA) is 63.5 Å². The van der Waals surface area contributed by atoms with Crippen LogP contribution in [0.1, 0.15) is 6.42 Å². The van der Waals surface area contributed by atoms with Crippen LogP contribution in [-0.4, -0.2) is 49.4 Å². The number of hydrogen-bond donors (Lipinski definition) is 2. The van der Waals surface area contributed by atoms with Gasteiger partial charge < -0.3 is 19.9 Å². The van der Waals surface area contributed by atoms with Gasteiger partial charge in [0, 0.05) is 52.8 Å². The zero-order valence-electron chi connectivity index (χ0n) is 10.9. The molecule has 1 rings (SSSR count). The van der Waals surface area contributed by atoms with E-state index in [0.717, 1.165) is 38.6 Å². The van der Waals surface area contributed by atoms with E-state index in [2.05, 4.69) is 20.6 Å². The van der Waals surface area contributed by atoms with Crippen LogP contribution in [0.25, 0.3) is 0 Å². The molecular weight excluding hydrogens is 345 g/mol. The number of nitrogens with zero attached hydrogens (tertiary/aromatic N) is 3. The molecule has 104 valence electrons. The smallest absolute Gasteiger partial charge is 0.191 e. The molecule has 0 aliphatic carbocycles. The summed E-state index contributed by atoms with van der Waals surface area (Å²) < 4.78 is 7.00. The summed E-state index contributed by atoms with van der Waals surface area (Å²) in [7, 11) is 3.47. The third-order valence-electron chi connectivity index (χ3n) is 2.26. The van der Waals surface area contributed by atoms with Gasteiger partial charge in [0.25, 0.3) is 0 Å². The second-order valence-corrected chi connectivity index (χ2v) is 3.57. The third kappa shape index (κ3) is 7.49. The second-order valence-electron chi connectivity index (χ2n) is 3.57. The van der Waals surface area contributed by atoms with Gasteiger partial charge in [-0.15, -0.1) is 24.0 Å². The Labute approximate surface area is 125 Å². The zero-order valence-corrected chi connectivity index (χ0v) is 13.3. The number of imidazole rings is 1. The molecule has 0 radical (unpaired) electrons. The first kappa shape index (κ1) is 17.2. The lowest BCUT2D eigenvalue weighted by atomic mass is 10.4. The second kappa shape index (κ2) is 11.3. The van der Waals surface area contributed by atoms with Gasteiger partial charge in [-0.1, -0.05) is 0 Å². The van der Waals surface area contributed by atoms with E-state index in [1.807, 2.05) is 10.8 Å². The lowest BCUT2D eigenvalue weighted by molar-refractivity contribution is 0.195. The average molecular weight is 367 g/mol. The molecule has 1 aromatic rings. The number of aliphatic imine (C=N–C) groups is 1. The first-order chi connectivity index (χ1) is 8.36. The normalized spacial score (nSPS) is 10.9. The highest BCUT2D eigenvalue weighted by atomic mass is 127. The van der Waals surface area contributed by atoms with Crippen molar-refractivity contribution in [3.05, 3.63) is 18.7 Å². The number of halogens is 1. The quantitative estimate of drug-likeness (QED) is 0.322. The fraction of sp³-hybridized carbons (Fsp3) is 0.636. The van der Waals surface area contributed by atoms with E-state index in [1.54, 1.807) is 26.7 Å². The number of aromatic nitrogens is 2. The van der Waals surface area contributed by atoms with Gasteiger partial charge >= 0.3 is 0 Å². The fourth-order valence-electron chi connectivity index (χ4n) is 1.37. The molecule has 0 amide bonds. The van der Waals surface area contributed by atoms with E-state index in [9.17, 15) is 0 Å². The van der Waals surface area contributed by atoms with Crippen LogP contribution < -0.4 is 10.6 Å². The van der Waals surface area contributed by atoms with Gasteiger partial charge in [-0.3, -0.25) is 4.99 Å². The third-order valence-corrected chi connectivity index (χ3v) is 2.26. The summed E-state index contributed by atoms with van der Waals surface area (Å²) >= 11 is 0. The Hall–Kier alpha value is -0.830. The highest BCUT2D eigenvalue weighted by molar-refractivity contribution is 14.0. The molecule has 0 aliphatic heterocycles. The van der Waals surface area contributed by atoms with Crippen molar-refractivity contribution in [2.75, 3.05) is 33.9 Å². The van der Waals surface area contributed by atoms with Crippen LogP contribution in [-0.2, 0) is 11.3 Å². The molecule has 7 heteroatoms. The fourth-order valence-corrected chi connectivity index (χ4v) is 1.37. The van der Waals surface area contributed by atoms with Gasteiger partial charge in [0.1, 0.15) is 0 Å². The number of methoxy groups -OCH3 is 1. The van der Waals surface area contributed by atoms with E-state index >= 15 is 0 Å². The number of ether oxygens (including phenoxy) is 1. The Morgan fingerprint density at radius 2 is 2.17 bits per heavy atom. The minimum absolute atomic E-state index is 0. The Balaban J connectivity index is 0.00000289. The maximum atomic E-state index is 4.98. The highest BCUT2D eigenvalue weighted by Crippen LogP contribution is 1.84. The zero-order chi connectivity index (χ0) is 12.3. The molecule has 6 nitrogen and oxygen atoms in total. The lowest BCUT2D eigenvalue weighted by Crippen LogP contribution is -2.39. The van der Waals surface area contributed by atoms with E-state index in [-0.39, 0.29) is 24.0 Å². The summed E-state index contributed by atoms with van der Waals surface area (Å²) in [6.07, 6.45) is 6.49. The molecule has 1 aromatic heterocycles. The van der Waals surface area contributed by atoms with E-state index < -0.39 is 0 Å². The summed E-state index contributed by atoms with van der Waals surface area (Å²) in [5, 5.41) is 6.45. The summed E-state index contributed by atoms with van der Waals surface area (Å²) in [5.41, 5.74) is 0. The number of hydrogen-bond acceptors (Lipinski definition) is 3. The van der Waals surface area contributed by atoms with Crippen LogP contribution in [0.3, 0.4) is 0 Å². The summed E-state index contributed by atoms with van der Waals surface area (Å²) in [6.45, 7) is 3.32. The SMILES string of the molecule is CN=C(NCCCOC)NCCn1ccnc1.I. The molecule has 0 unspecified atom stereocenters. The molecule has 0 saturated heterocycles. The molecular formula is C11H22IN5O. The molecule has 0 aromatic carbocycles. The summed E-state index contributed by atoms with van der Waals surface area (Å²) in [6, 6.07) is 0. The monoisotopic (exact) mass is 367 g/mol. The molecule has 18 heavy (non-hydrogen) atoms. The minimum atomic E-state index is 0. The van der Waals surface area contributed by atoms with Gasteiger partial charge in [-0.05, 0) is 6.42 Å². The van der Waals surface area contributed by atoms with Crippen molar-refractivity contribution in [3.63, 3.8) is 0 Å². The van der Waals surface area contributed by atoms with Crippen molar-refractivity contribution in [2.24, 2.45) is 4.99 Å². The maximum Gasteiger partial charge on any atom is 0.191 e. The van der Waals surface area contributed by atoms with Gasteiger partial charge in [-0.25, -0.2) is 4.98 Å². The average Bonchev–Trinajstić information content (AvgIpc) is 2.85. The van der Waals surface area contributed by atoms with Gasteiger partial charge in [-0.2, -0.15) is 0 Å². The van der Waals surface area contributed by atoms with Crippen LogP contribution in [0.5, 0.6) is 0 Å². The van der Waals surface area contributed by atoms with Crippen LogP contribution in [0.2, 0.25) is 0 Å². The minimum Gasteiger partial charge on any atom is -0.385 e. The Morgan fingerprint density at radius 3 is 2.78 bits per heavy atom. The lowest BCUT2D eigenvalue weighted by Gasteiger charge is -2.11. The van der Waals surface area contributed by atoms with E-state index in [0.29, 0.717) is 0 Å². The molecule has 1 heterocycles. The molecule has 0 saturated carbocycles. The number of rotatable bonds is 7. The Morgan fingerprint density at radius 1 is 1.39 bits per heavy atom. The number of guanidine groups is 1. The van der Waals surface area contributed by atoms with Gasteiger partial charge in [0.15, 0.2) is 5.96 Å². The molecule has 0 fully saturated rings. The standard InChI is InChI=1S/C11H21N5O.HI/c1-12-11(14-4-3-9-17-2)15-6-8-16-7-5-13-10-16;/h5,7,10H,3-4,6,8-9H2,1-2H3,(H2,12,14,15);1H. The van der Waals surface area contributed by atoms with Crippen molar-refractivity contribution in [1.82, 2.24) is 20.2 Å². The number of nitrogens with one attached hydrogen (secondary N) is 2.